The molecule has 0 aromatic carbocycles. The highest BCUT2D eigenvalue weighted by Gasteiger charge is 2.30. The van der Waals surface area contributed by atoms with Crippen molar-refractivity contribution in [2.75, 3.05) is 39.6 Å². The van der Waals surface area contributed by atoms with Crippen molar-refractivity contribution in [3.05, 3.63) is 24.3 Å². The van der Waals surface area contributed by atoms with Gasteiger partial charge in [-0.2, -0.15) is 0 Å². The Kier molecular flexibility index (Phi) is 66.3. The third-order valence-electron chi connectivity index (χ3n) is 17.5. The normalized spacial score (nSPS) is 14.2. The molecule has 0 aromatic rings. The van der Waals surface area contributed by atoms with Gasteiger partial charge in [-0.3, -0.25) is 37.3 Å². The Balaban J connectivity index is 5.26. The molecule has 19 heteroatoms. The van der Waals surface area contributed by atoms with Crippen LogP contribution >= 0.6 is 15.6 Å². The number of aliphatic hydroxyl groups excluding tert-OH is 1. The highest BCUT2D eigenvalue weighted by atomic mass is 31.2. The predicted molar refractivity (Wildman–Crippen MR) is 395 cm³/mol. The molecule has 0 bridgehead atoms. The fourth-order valence-electron chi connectivity index (χ4n) is 11.4. The van der Waals surface area contributed by atoms with Crippen LogP contribution in [0, 0.1) is 17.8 Å². The SMILES string of the molecule is CCCCCC/C=C\C=C/CCCCCCCC(=O)OC[C@H](COP(=O)(O)OC[C@@H](O)COP(=O)(O)OC[C@@H](COC(=O)CCCCCCCCC(C)C)OC(=O)CCCCCCCCCCCCCC(C)C)OC(=O)CCCCCCCCCCCCCCCCCCC(C)C. The van der Waals surface area contributed by atoms with E-state index in [1.165, 1.54) is 161 Å². The lowest BCUT2D eigenvalue weighted by atomic mass is 10.0. The number of allylic oxidation sites excluding steroid dienone is 4. The molecule has 0 radical (unpaired) electrons. The molecule has 2 unspecified atom stereocenters. The largest absolute Gasteiger partial charge is 0.472 e. The first kappa shape index (κ1) is 94.5. The van der Waals surface area contributed by atoms with Gasteiger partial charge in [-0.15, -0.1) is 0 Å². The molecule has 0 amide bonds. The van der Waals surface area contributed by atoms with Gasteiger partial charge >= 0.3 is 39.5 Å². The number of phosphoric ester groups is 2. The lowest BCUT2D eigenvalue weighted by molar-refractivity contribution is -0.161. The maximum Gasteiger partial charge on any atom is 0.472 e. The molecular weight excluding hydrogens is 1270 g/mol. The molecule has 0 aromatic heterocycles. The summed E-state index contributed by atoms with van der Waals surface area (Å²) in [5, 5.41) is 10.6. The van der Waals surface area contributed by atoms with Crippen molar-refractivity contribution in [3.63, 3.8) is 0 Å². The van der Waals surface area contributed by atoms with Crippen LogP contribution in [0.25, 0.3) is 0 Å². The maximum absolute atomic E-state index is 13.1. The minimum absolute atomic E-state index is 0.101. The average molecular weight is 1420 g/mol. The van der Waals surface area contributed by atoms with Gasteiger partial charge in [-0.05, 0) is 69.1 Å². The van der Waals surface area contributed by atoms with E-state index in [-0.39, 0.29) is 25.7 Å². The number of carbonyl (C=O) groups is 4. The van der Waals surface area contributed by atoms with Crippen LogP contribution in [0.5, 0.6) is 0 Å². The van der Waals surface area contributed by atoms with Crippen LogP contribution in [-0.2, 0) is 65.4 Å². The Bertz CT molecular complexity index is 1980. The number of unbranched alkanes of at least 4 members (excludes halogenated alkanes) is 39. The average Bonchev–Trinajstić information content (AvgIpc) is 1.42. The van der Waals surface area contributed by atoms with Crippen molar-refractivity contribution in [3.8, 4) is 0 Å². The van der Waals surface area contributed by atoms with Crippen molar-refractivity contribution in [1.29, 1.82) is 0 Å². The zero-order valence-electron chi connectivity index (χ0n) is 63.0. The number of ether oxygens (including phenoxy) is 4. The van der Waals surface area contributed by atoms with Crippen LogP contribution in [0.1, 0.15) is 376 Å². The van der Waals surface area contributed by atoms with Gasteiger partial charge in [0.1, 0.15) is 19.3 Å². The second kappa shape index (κ2) is 68.0. The van der Waals surface area contributed by atoms with Crippen molar-refractivity contribution in [2.45, 2.75) is 394 Å². The van der Waals surface area contributed by atoms with E-state index < -0.39 is 97.5 Å². The first-order chi connectivity index (χ1) is 46.7. The van der Waals surface area contributed by atoms with Crippen LogP contribution in [-0.4, -0.2) is 96.7 Å². The zero-order valence-corrected chi connectivity index (χ0v) is 64.8. The van der Waals surface area contributed by atoms with Gasteiger partial charge in [0.15, 0.2) is 12.2 Å². The number of aliphatic hydroxyl groups is 1. The molecule has 0 heterocycles. The third-order valence-corrected chi connectivity index (χ3v) is 19.4. The molecule has 0 saturated carbocycles. The van der Waals surface area contributed by atoms with Crippen LogP contribution in [0.15, 0.2) is 24.3 Å². The van der Waals surface area contributed by atoms with E-state index >= 15 is 0 Å². The van der Waals surface area contributed by atoms with E-state index in [9.17, 15) is 43.2 Å². The molecule has 0 aliphatic rings. The third kappa shape index (κ3) is 71.7. The molecule has 0 spiro atoms. The lowest BCUT2D eigenvalue weighted by Crippen LogP contribution is -2.30. The summed E-state index contributed by atoms with van der Waals surface area (Å²) in [6.45, 7) is 11.8. The molecule has 572 valence electrons. The molecule has 0 aliphatic carbocycles. The topological polar surface area (TPSA) is 237 Å². The molecule has 5 atom stereocenters. The first-order valence-corrected chi connectivity index (χ1v) is 42.7. The minimum atomic E-state index is -4.97. The Morgan fingerprint density at radius 3 is 0.835 bits per heavy atom. The van der Waals surface area contributed by atoms with Crippen LogP contribution in [0.3, 0.4) is 0 Å². The van der Waals surface area contributed by atoms with Gasteiger partial charge in [0.05, 0.1) is 26.4 Å². The molecule has 0 aliphatic heterocycles. The Morgan fingerprint density at radius 1 is 0.320 bits per heavy atom. The van der Waals surface area contributed by atoms with Crippen molar-refractivity contribution in [1.82, 2.24) is 0 Å². The van der Waals surface area contributed by atoms with E-state index in [1.807, 2.05) is 0 Å². The van der Waals surface area contributed by atoms with E-state index in [0.717, 1.165) is 127 Å². The van der Waals surface area contributed by atoms with E-state index in [0.29, 0.717) is 31.6 Å². The lowest BCUT2D eigenvalue weighted by Gasteiger charge is -2.21. The van der Waals surface area contributed by atoms with Gasteiger partial charge in [-0.25, -0.2) is 9.13 Å². The van der Waals surface area contributed by atoms with Crippen molar-refractivity contribution < 1.29 is 80.2 Å². The number of carbonyl (C=O) groups excluding carboxylic acids is 4. The van der Waals surface area contributed by atoms with E-state index in [4.69, 9.17) is 37.0 Å². The molecule has 17 nitrogen and oxygen atoms in total. The van der Waals surface area contributed by atoms with E-state index in [1.54, 1.807) is 0 Å². The number of esters is 4. The van der Waals surface area contributed by atoms with Crippen LogP contribution < -0.4 is 0 Å². The second-order valence-corrected chi connectivity index (χ2v) is 31.7. The fourth-order valence-corrected chi connectivity index (χ4v) is 13.0. The first-order valence-electron chi connectivity index (χ1n) is 39.7. The summed E-state index contributed by atoms with van der Waals surface area (Å²) in [5.41, 5.74) is 0. The zero-order chi connectivity index (χ0) is 71.6. The summed E-state index contributed by atoms with van der Waals surface area (Å²) in [5.74, 6) is 0.101. The summed E-state index contributed by atoms with van der Waals surface area (Å²) in [6, 6.07) is 0. The van der Waals surface area contributed by atoms with Gasteiger partial charge < -0.3 is 33.8 Å². The number of rotatable bonds is 74. The molecule has 0 saturated heterocycles. The fraction of sp³-hybridized carbons (Fsp3) is 0.897. The molecule has 3 N–H and O–H groups in total. The minimum Gasteiger partial charge on any atom is -0.462 e. The highest BCUT2D eigenvalue weighted by Crippen LogP contribution is 2.45. The summed E-state index contributed by atoms with van der Waals surface area (Å²) >= 11 is 0. The van der Waals surface area contributed by atoms with Crippen LogP contribution in [0.4, 0.5) is 0 Å². The number of phosphoric acid groups is 2. The summed E-state index contributed by atoms with van der Waals surface area (Å²) in [6.07, 6.45) is 57.9. The van der Waals surface area contributed by atoms with Gasteiger partial charge in [0.25, 0.3) is 0 Å². The summed E-state index contributed by atoms with van der Waals surface area (Å²) in [4.78, 5) is 72.8. The Hall–Kier alpha value is -2.46. The molecule has 0 fully saturated rings. The van der Waals surface area contributed by atoms with Gasteiger partial charge in [-0.1, -0.05) is 323 Å². The summed E-state index contributed by atoms with van der Waals surface area (Å²) in [7, 11) is -9.93. The molecule has 0 rings (SSSR count). The van der Waals surface area contributed by atoms with E-state index in [2.05, 4.69) is 72.8 Å². The van der Waals surface area contributed by atoms with Gasteiger partial charge in [0.2, 0.25) is 0 Å². The Morgan fingerprint density at radius 2 is 0.557 bits per heavy atom. The maximum atomic E-state index is 13.1. The quantitative estimate of drug-likeness (QED) is 0.0169. The smallest absolute Gasteiger partial charge is 0.462 e. The van der Waals surface area contributed by atoms with Gasteiger partial charge in [0, 0.05) is 25.7 Å². The Labute approximate surface area is 592 Å². The summed E-state index contributed by atoms with van der Waals surface area (Å²) < 4.78 is 68.5. The standard InChI is InChI=1S/C78H148O17P2/c1-8-9-10-11-12-13-14-15-18-22-27-32-37-45-52-59-75(80)88-65-73(94-77(82)61-54-47-38-33-28-23-20-17-16-19-21-25-30-35-42-49-56-69(2)3)67-92-96(84,85)90-63-72(79)64-91-97(86,87)93-68-74(66-89-76(81)60-53-46-41-40-44-51-58-71(6)7)95-78(83)62-55-48-39-34-29-24-26-31-36-43-50-57-70(4)5/h13-15,18,69-74,79H,8-12,16-17,19-68H2,1-7H3,(H,84,85)(H,86,87)/b14-13-,18-15-/t72-,73-,74-/m1/s1. The number of hydrogen-bond acceptors (Lipinski definition) is 15. The molecular formula is C78H148O17P2. The predicted octanol–water partition coefficient (Wildman–Crippen LogP) is 22.5. The van der Waals surface area contributed by atoms with Crippen LogP contribution in [0.2, 0.25) is 0 Å². The second-order valence-electron chi connectivity index (χ2n) is 28.8. The number of hydrogen-bond donors (Lipinski definition) is 3. The van der Waals surface area contributed by atoms with Crippen molar-refractivity contribution >= 4 is 39.5 Å². The monoisotopic (exact) mass is 1420 g/mol. The highest BCUT2D eigenvalue weighted by molar-refractivity contribution is 7.47. The molecule has 97 heavy (non-hydrogen) atoms. The van der Waals surface area contributed by atoms with Crippen molar-refractivity contribution in [2.24, 2.45) is 17.8 Å².